The van der Waals surface area contributed by atoms with Gasteiger partial charge in [0, 0.05) is 30.3 Å². The number of hydrogen-bond acceptors (Lipinski definition) is 7. The Morgan fingerprint density at radius 1 is 1.03 bits per heavy atom. The molecule has 164 valence electrons. The summed E-state index contributed by atoms with van der Waals surface area (Å²) in [6, 6.07) is 15.9. The molecule has 0 bridgehead atoms. The smallest absolute Gasteiger partial charge is 0.221 e. The Morgan fingerprint density at radius 2 is 1.85 bits per heavy atom. The van der Waals surface area contributed by atoms with Crippen LogP contribution in [0.25, 0.3) is 22.6 Å². The summed E-state index contributed by atoms with van der Waals surface area (Å²) in [6.07, 6.45) is 8.63. The fraction of sp³-hybridized carbons (Fsp3) is 0.240. The summed E-state index contributed by atoms with van der Waals surface area (Å²) in [6.45, 7) is 4.99. The molecule has 5 rings (SSSR count). The van der Waals surface area contributed by atoms with Gasteiger partial charge < -0.3 is 5.73 Å². The van der Waals surface area contributed by atoms with Crippen molar-refractivity contribution in [1.82, 2.24) is 34.8 Å². The first kappa shape index (κ1) is 20.8. The van der Waals surface area contributed by atoms with Crippen LogP contribution in [-0.2, 0) is 6.54 Å². The van der Waals surface area contributed by atoms with E-state index in [1.807, 2.05) is 48.7 Å². The Hall–Kier alpha value is -4.09. The molecule has 33 heavy (non-hydrogen) atoms. The SMILES string of the molecule is C#Cc1cccc(-c2cc(-c3cn(Cc4cccc(C(C)N5CCC5)n4)nn3)nc(N)n2)c1. The molecule has 8 nitrogen and oxygen atoms in total. The van der Waals surface area contributed by atoms with Crippen LogP contribution in [0.4, 0.5) is 5.95 Å². The van der Waals surface area contributed by atoms with E-state index in [0.29, 0.717) is 29.7 Å². The molecule has 1 aliphatic heterocycles. The summed E-state index contributed by atoms with van der Waals surface area (Å²) < 4.78 is 1.76. The molecule has 0 radical (unpaired) electrons. The molecule has 4 heterocycles. The first-order chi connectivity index (χ1) is 16.1. The van der Waals surface area contributed by atoms with Crippen LogP contribution >= 0.6 is 0 Å². The van der Waals surface area contributed by atoms with E-state index in [2.05, 4.69) is 44.1 Å². The molecule has 0 saturated carbocycles. The Morgan fingerprint density at radius 3 is 2.64 bits per heavy atom. The third-order valence-corrected chi connectivity index (χ3v) is 5.89. The predicted octanol–water partition coefficient (Wildman–Crippen LogP) is 3.18. The summed E-state index contributed by atoms with van der Waals surface area (Å²) in [4.78, 5) is 16.0. The number of anilines is 1. The van der Waals surface area contributed by atoms with Crippen LogP contribution in [-0.4, -0.2) is 47.9 Å². The minimum Gasteiger partial charge on any atom is -0.368 e. The normalized spacial score (nSPS) is 14.4. The molecule has 1 unspecified atom stereocenters. The molecule has 2 N–H and O–H groups in total. The zero-order valence-corrected chi connectivity index (χ0v) is 18.4. The van der Waals surface area contributed by atoms with Gasteiger partial charge in [0.25, 0.3) is 0 Å². The topological polar surface area (TPSA) is 98.6 Å². The van der Waals surface area contributed by atoms with Gasteiger partial charge >= 0.3 is 0 Å². The number of likely N-dealkylation sites (tertiary alicyclic amines) is 1. The number of pyridine rings is 1. The van der Waals surface area contributed by atoms with Crippen LogP contribution in [0.15, 0.2) is 54.7 Å². The molecule has 1 aliphatic rings. The van der Waals surface area contributed by atoms with E-state index in [1.165, 1.54) is 6.42 Å². The lowest BCUT2D eigenvalue weighted by Gasteiger charge is -2.36. The van der Waals surface area contributed by atoms with Crippen molar-refractivity contribution in [1.29, 1.82) is 0 Å². The van der Waals surface area contributed by atoms with Crippen LogP contribution in [0.1, 0.15) is 36.3 Å². The van der Waals surface area contributed by atoms with E-state index in [1.54, 1.807) is 4.68 Å². The number of nitrogens with zero attached hydrogens (tertiary/aromatic N) is 7. The molecule has 8 heteroatoms. The van der Waals surface area contributed by atoms with Gasteiger partial charge in [-0.15, -0.1) is 11.5 Å². The maximum atomic E-state index is 5.99. The van der Waals surface area contributed by atoms with Crippen molar-refractivity contribution in [2.24, 2.45) is 0 Å². The molecule has 0 amide bonds. The molecule has 1 atom stereocenters. The predicted molar refractivity (Wildman–Crippen MR) is 127 cm³/mol. The molecule has 1 aromatic carbocycles. The lowest BCUT2D eigenvalue weighted by Crippen LogP contribution is -2.39. The van der Waals surface area contributed by atoms with Crippen LogP contribution in [0.3, 0.4) is 0 Å². The number of hydrogen-bond donors (Lipinski definition) is 1. The number of benzene rings is 1. The third kappa shape index (κ3) is 4.45. The number of nitrogen functional groups attached to an aromatic ring is 1. The van der Waals surface area contributed by atoms with E-state index in [-0.39, 0.29) is 5.95 Å². The lowest BCUT2D eigenvalue weighted by atomic mass is 10.1. The zero-order valence-electron chi connectivity index (χ0n) is 18.4. The first-order valence-corrected chi connectivity index (χ1v) is 10.9. The molecule has 1 fully saturated rings. The van der Waals surface area contributed by atoms with Crippen molar-refractivity contribution in [3.63, 3.8) is 0 Å². The summed E-state index contributed by atoms with van der Waals surface area (Å²) >= 11 is 0. The second-order valence-corrected chi connectivity index (χ2v) is 8.14. The van der Waals surface area contributed by atoms with Crippen molar-refractivity contribution < 1.29 is 0 Å². The summed E-state index contributed by atoms with van der Waals surface area (Å²) in [5.41, 5.74) is 11.5. The Kier molecular flexibility index (Phi) is 5.55. The molecule has 0 aliphatic carbocycles. The lowest BCUT2D eigenvalue weighted by molar-refractivity contribution is 0.126. The minimum absolute atomic E-state index is 0.164. The highest BCUT2D eigenvalue weighted by Gasteiger charge is 2.22. The highest BCUT2D eigenvalue weighted by Crippen LogP contribution is 2.25. The summed E-state index contributed by atoms with van der Waals surface area (Å²) in [5, 5.41) is 8.57. The monoisotopic (exact) mass is 436 g/mol. The van der Waals surface area contributed by atoms with Crippen LogP contribution in [0.2, 0.25) is 0 Å². The Balaban J connectivity index is 1.38. The Bertz CT molecular complexity index is 1330. The van der Waals surface area contributed by atoms with Gasteiger partial charge in [-0.25, -0.2) is 14.6 Å². The van der Waals surface area contributed by atoms with Crippen LogP contribution in [0, 0.1) is 12.3 Å². The van der Waals surface area contributed by atoms with E-state index >= 15 is 0 Å². The molecule has 3 aromatic heterocycles. The fourth-order valence-corrected chi connectivity index (χ4v) is 3.91. The van der Waals surface area contributed by atoms with Gasteiger partial charge in [-0.05, 0) is 43.7 Å². The van der Waals surface area contributed by atoms with Gasteiger partial charge in [0.1, 0.15) is 5.69 Å². The van der Waals surface area contributed by atoms with Crippen molar-refractivity contribution in [2.45, 2.75) is 25.9 Å². The summed E-state index contributed by atoms with van der Waals surface area (Å²) in [7, 11) is 0. The van der Waals surface area contributed by atoms with Gasteiger partial charge in [-0.2, -0.15) is 0 Å². The van der Waals surface area contributed by atoms with E-state index in [4.69, 9.17) is 17.1 Å². The summed E-state index contributed by atoms with van der Waals surface area (Å²) in [5.74, 6) is 2.80. The fourth-order valence-electron chi connectivity index (χ4n) is 3.91. The number of nitrogens with two attached hydrogens (primary N) is 1. The standard InChI is InChI=1S/C25H24N8/c1-3-18-7-4-8-19(13-18)22-14-23(29-25(26)28-22)24-16-33(31-30-24)15-20-9-5-10-21(27-20)17(2)32-11-6-12-32/h1,4-5,7-10,13-14,16-17H,6,11-12,15H2,2H3,(H2,26,28,29). The molecule has 1 saturated heterocycles. The van der Waals surface area contributed by atoms with Gasteiger partial charge in [0.2, 0.25) is 5.95 Å². The van der Waals surface area contributed by atoms with Gasteiger partial charge in [-0.3, -0.25) is 9.88 Å². The van der Waals surface area contributed by atoms with Gasteiger partial charge in [0.15, 0.2) is 0 Å². The highest BCUT2D eigenvalue weighted by atomic mass is 15.4. The first-order valence-electron chi connectivity index (χ1n) is 10.9. The average molecular weight is 437 g/mol. The highest BCUT2D eigenvalue weighted by molar-refractivity contribution is 5.68. The van der Waals surface area contributed by atoms with E-state index in [9.17, 15) is 0 Å². The van der Waals surface area contributed by atoms with Crippen molar-refractivity contribution >= 4 is 5.95 Å². The molecule has 0 spiro atoms. The second kappa shape index (κ2) is 8.81. The minimum atomic E-state index is 0.164. The Labute approximate surface area is 192 Å². The zero-order chi connectivity index (χ0) is 22.8. The number of rotatable bonds is 6. The molecule has 4 aromatic rings. The maximum Gasteiger partial charge on any atom is 0.221 e. The van der Waals surface area contributed by atoms with Crippen molar-refractivity contribution in [3.05, 3.63) is 71.7 Å². The third-order valence-electron chi connectivity index (χ3n) is 5.89. The van der Waals surface area contributed by atoms with Crippen molar-refractivity contribution in [2.75, 3.05) is 18.8 Å². The average Bonchev–Trinajstić information content (AvgIpc) is 3.26. The van der Waals surface area contributed by atoms with Crippen LogP contribution < -0.4 is 5.73 Å². The van der Waals surface area contributed by atoms with Crippen molar-refractivity contribution in [3.8, 4) is 35.0 Å². The molecular weight excluding hydrogens is 412 g/mol. The van der Waals surface area contributed by atoms with E-state index < -0.39 is 0 Å². The molecular formula is C25H24N8. The van der Waals surface area contributed by atoms with Crippen LogP contribution in [0.5, 0.6) is 0 Å². The van der Waals surface area contributed by atoms with Gasteiger partial charge in [-0.1, -0.05) is 29.3 Å². The second-order valence-electron chi connectivity index (χ2n) is 8.14. The number of aromatic nitrogens is 6. The quantitative estimate of drug-likeness (QED) is 0.464. The van der Waals surface area contributed by atoms with Gasteiger partial charge in [0.05, 0.1) is 35.5 Å². The number of terminal acetylenes is 1. The largest absolute Gasteiger partial charge is 0.368 e. The van der Waals surface area contributed by atoms with E-state index in [0.717, 1.165) is 35.6 Å². The maximum absolute atomic E-state index is 5.99.